The van der Waals surface area contributed by atoms with Crippen molar-refractivity contribution in [1.82, 2.24) is 9.29 Å². The van der Waals surface area contributed by atoms with Crippen molar-refractivity contribution < 1.29 is 13.2 Å². The van der Waals surface area contributed by atoms with E-state index in [-0.39, 0.29) is 10.5 Å². The van der Waals surface area contributed by atoms with E-state index in [1.807, 2.05) is 36.0 Å². The summed E-state index contributed by atoms with van der Waals surface area (Å²) in [5, 5.41) is 0. The zero-order chi connectivity index (χ0) is 18.0. The second kappa shape index (κ2) is 6.85. The van der Waals surface area contributed by atoms with Crippen LogP contribution >= 0.6 is 15.9 Å². The maximum absolute atomic E-state index is 12.4. The molecule has 0 atom stereocenters. The molecule has 0 aliphatic rings. The molecule has 1 N–H and O–H groups in total. The van der Waals surface area contributed by atoms with Crippen LogP contribution in [0.1, 0.15) is 15.9 Å². The lowest BCUT2D eigenvalue weighted by Crippen LogP contribution is -2.30. The minimum Gasteiger partial charge on any atom is -0.324 e. The van der Waals surface area contributed by atoms with E-state index in [4.69, 9.17) is 0 Å². The summed E-state index contributed by atoms with van der Waals surface area (Å²) in [5.41, 5.74) is 2.06. The van der Waals surface area contributed by atoms with Crippen LogP contribution in [0.2, 0.25) is 0 Å². The van der Waals surface area contributed by atoms with E-state index in [9.17, 15) is 13.2 Å². The number of carbonyl (C=O) groups excluding carboxylic acids is 1. The number of carbonyl (C=O) groups is 1. The number of hydrogen-bond acceptors (Lipinski definition) is 3. The molecule has 0 spiro atoms. The van der Waals surface area contributed by atoms with Gasteiger partial charge in [0, 0.05) is 28.1 Å². The molecule has 0 bridgehead atoms. The molecule has 0 aliphatic heterocycles. The summed E-state index contributed by atoms with van der Waals surface area (Å²) in [6.07, 6.45) is 3.73. The molecule has 1 amide bonds. The van der Waals surface area contributed by atoms with Crippen molar-refractivity contribution in [3.8, 4) is 5.69 Å². The van der Waals surface area contributed by atoms with E-state index < -0.39 is 15.9 Å². The Morgan fingerprint density at radius 3 is 2.44 bits per heavy atom. The van der Waals surface area contributed by atoms with Gasteiger partial charge in [-0.1, -0.05) is 28.1 Å². The van der Waals surface area contributed by atoms with Crippen LogP contribution < -0.4 is 4.72 Å². The summed E-state index contributed by atoms with van der Waals surface area (Å²) < 4.78 is 29.4. The molecule has 128 valence electrons. The summed E-state index contributed by atoms with van der Waals surface area (Å²) in [7, 11) is -3.94. The molecule has 0 saturated heterocycles. The maximum Gasteiger partial charge on any atom is 0.265 e. The Morgan fingerprint density at radius 1 is 1.04 bits per heavy atom. The summed E-state index contributed by atoms with van der Waals surface area (Å²) in [5.74, 6) is -0.673. The number of sulfonamides is 1. The second-order valence-corrected chi connectivity index (χ2v) is 8.08. The first-order chi connectivity index (χ1) is 11.9. The fraction of sp³-hybridized carbons (Fsp3) is 0.0556. The number of aromatic nitrogens is 1. The molecular weight excluding hydrogens is 404 g/mol. The number of hydrogen-bond donors (Lipinski definition) is 1. The monoisotopic (exact) mass is 418 g/mol. The quantitative estimate of drug-likeness (QED) is 0.702. The highest BCUT2D eigenvalue weighted by Gasteiger charge is 2.19. The third-order valence-corrected chi connectivity index (χ3v) is 5.51. The maximum atomic E-state index is 12.4. The summed E-state index contributed by atoms with van der Waals surface area (Å²) >= 11 is 3.23. The molecule has 0 unspecified atom stereocenters. The van der Waals surface area contributed by atoms with Crippen LogP contribution in [0.15, 0.2) is 76.4 Å². The van der Waals surface area contributed by atoms with E-state index in [0.717, 1.165) is 11.3 Å². The van der Waals surface area contributed by atoms with Gasteiger partial charge in [0.25, 0.3) is 15.9 Å². The third-order valence-electron chi connectivity index (χ3n) is 3.69. The van der Waals surface area contributed by atoms with Gasteiger partial charge < -0.3 is 4.57 Å². The average molecular weight is 419 g/mol. The van der Waals surface area contributed by atoms with Crippen LogP contribution in [0.4, 0.5) is 0 Å². The van der Waals surface area contributed by atoms with Crippen molar-refractivity contribution in [2.24, 2.45) is 0 Å². The van der Waals surface area contributed by atoms with Crippen molar-refractivity contribution in [3.05, 3.63) is 82.6 Å². The molecule has 25 heavy (non-hydrogen) atoms. The van der Waals surface area contributed by atoms with Gasteiger partial charge in [0.15, 0.2) is 0 Å². The number of benzene rings is 2. The first-order valence-electron chi connectivity index (χ1n) is 7.43. The molecule has 0 fully saturated rings. The Balaban J connectivity index is 1.90. The van der Waals surface area contributed by atoms with Crippen molar-refractivity contribution >= 4 is 31.9 Å². The van der Waals surface area contributed by atoms with Crippen LogP contribution in [-0.4, -0.2) is 18.9 Å². The van der Waals surface area contributed by atoms with Crippen molar-refractivity contribution in [2.75, 3.05) is 0 Å². The summed E-state index contributed by atoms with van der Waals surface area (Å²) in [6, 6.07) is 15.0. The molecule has 3 rings (SSSR count). The van der Waals surface area contributed by atoms with Gasteiger partial charge >= 0.3 is 0 Å². The lowest BCUT2D eigenvalue weighted by atomic mass is 10.1. The molecular formula is C18H15BrN2O3S. The Kier molecular flexibility index (Phi) is 4.78. The van der Waals surface area contributed by atoms with Crippen molar-refractivity contribution in [1.29, 1.82) is 0 Å². The number of rotatable bonds is 4. The van der Waals surface area contributed by atoms with Crippen LogP contribution in [0.3, 0.4) is 0 Å². The Hall–Kier alpha value is -2.38. The number of aryl methyl sites for hydroxylation is 1. The minimum atomic E-state index is -3.94. The number of halogens is 1. The van der Waals surface area contributed by atoms with Crippen molar-refractivity contribution in [3.63, 3.8) is 0 Å². The van der Waals surface area contributed by atoms with E-state index in [0.29, 0.717) is 4.47 Å². The van der Waals surface area contributed by atoms with E-state index in [2.05, 4.69) is 20.7 Å². The standard InChI is InChI=1S/C18H15BrN2O3S/c1-13-7-8-14(11-17(13)21-9-2-3-10-21)18(22)20-25(23,24)16-6-4-5-15(19)12-16/h2-12H,1H3,(H,20,22). The Bertz CT molecular complexity index is 1030. The zero-order valence-corrected chi connectivity index (χ0v) is 15.7. The van der Waals surface area contributed by atoms with Gasteiger partial charge in [-0.3, -0.25) is 4.79 Å². The first-order valence-corrected chi connectivity index (χ1v) is 9.71. The molecule has 0 saturated carbocycles. The van der Waals surface area contributed by atoms with Gasteiger partial charge in [-0.25, -0.2) is 13.1 Å². The molecule has 0 aliphatic carbocycles. The van der Waals surface area contributed by atoms with E-state index in [1.54, 1.807) is 30.3 Å². The Morgan fingerprint density at radius 2 is 1.76 bits per heavy atom. The summed E-state index contributed by atoms with van der Waals surface area (Å²) in [4.78, 5) is 12.5. The molecule has 7 heteroatoms. The van der Waals surface area contributed by atoms with Gasteiger partial charge in [-0.2, -0.15) is 0 Å². The van der Waals surface area contributed by atoms with Crippen LogP contribution in [0.5, 0.6) is 0 Å². The number of nitrogens with one attached hydrogen (secondary N) is 1. The Labute approximate surface area is 154 Å². The van der Waals surface area contributed by atoms with E-state index >= 15 is 0 Å². The topological polar surface area (TPSA) is 68.2 Å². The highest BCUT2D eigenvalue weighted by atomic mass is 79.9. The highest BCUT2D eigenvalue weighted by Crippen LogP contribution is 2.19. The SMILES string of the molecule is Cc1ccc(C(=O)NS(=O)(=O)c2cccc(Br)c2)cc1-n1cccc1. The van der Waals surface area contributed by atoms with Crippen molar-refractivity contribution in [2.45, 2.75) is 11.8 Å². The molecule has 2 aromatic carbocycles. The predicted octanol–water partition coefficient (Wildman–Crippen LogP) is 3.67. The average Bonchev–Trinajstić information content (AvgIpc) is 3.09. The fourth-order valence-corrected chi connectivity index (χ4v) is 3.97. The summed E-state index contributed by atoms with van der Waals surface area (Å²) in [6.45, 7) is 1.93. The molecule has 0 radical (unpaired) electrons. The molecule has 1 aromatic heterocycles. The zero-order valence-electron chi connectivity index (χ0n) is 13.3. The largest absolute Gasteiger partial charge is 0.324 e. The normalized spacial score (nSPS) is 11.3. The number of amides is 1. The lowest BCUT2D eigenvalue weighted by molar-refractivity contribution is 0.0981. The smallest absolute Gasteiger partial charge is 0.265 e. The number of nitrogens with zero attached hydrogens (tertiary/aromatic N) is 1. The molecule has 1 heterocycles. The fourth-order valence-electron chi connectivity index (χ4n) is 2.40. The van der Waals surface area contributed by atoms with Gasteiger partial charge in [-0.05, 0) is 55.0 Å². The van der Waals surface area contributed by atoms with Gasteiger partial charge in [0.05, 0.1) is 4.90 Å². The highest BCUT2D eigenvalue weighted by molar-refractivity contribution is 9.10. The van der Waals surface area contributed by atoms with Gasteiger partial charge in [0.1, 0.15) is 0 Å². The second-order valence-electron chi connectivity index (χ2n) is 5.48. The molecule has 3 aromatic rings. The first kappa shape index (κ1) is 17.4. The van der Waals surface area contributed by atoms with Crippen LogP contribution in [-0.2, 0) is 10.0 Å². The van der Waals surface area contributed by atoms with Crippen LogP contribution in [0, 0.1) is 6.92 Å². The predicted molar refractivity (Wildman–Crippen MR) is 99.3 cm³/mol. The minimum absolute atomic E-state index is 0.0213. The van der Waals surface area contributed by atoms with Crippen LogP contribution in [0.25, 0.3) is 5.69 Å². The van der Waals surface area contributed by atoms with Gasteiger partial charge in [-0.15, -0.1) is 0 Å². The third kappa shape index (κ3) is 3.83. The lowest BCUT2D eigenvalue weighted by Gasteiger charge is -2.11. The van der Waals surface area contributed by atoms with E-state index in [1.165, 1.54) is 12.1 Å². The van der Waals surface area contributed by atoms with Gasteiger partial charge in [0.2, 0.25) is 0 Å². The molecule has 5 nitrogen and oxygen atoms in total.